The first-order chi connectivity index (χ1) is 9.66. The van der Waals surface area contributed by atoms with Gasteiger partial charge in [-0.3, -0.25) is 4.79 Å². The Morgan fingerprint density at radius 1 is 1.30 bits per heavy atom. The molecule has 2 aromatic rings. The van der Waals surface area contributed by atoms with Gasteiger partial charge >= 0.3 is 5.97 Å². The van der Waals surface area contributed by atoms with E-state index in [0.717, 1.165) is 11.3 Å². The molecule has 0 fully saturated rings. The minimum atomic E-state index is -0.831. The Bertz CT molecular complexity index is 572. The molecule has 0 aliphatic rings. The van der Waals surface area contributed by atoms with Gasteiger partial charge in [0.2, 0.25) is 0 Å². The van der Waals surface area contributed by atoms with Gasteiger partial charge < -0.3 is 10.4 Å². The first-order valence-corrected chi connectivity index (χ1v) is 6.44. The summed E-state index contributed by atoms with van der Waals surface area (Å²) in [5.41, 5.74) is 1.65. The molecule has 1 atom stereocenters. The lowest BCUT2D eigenvalue weighted by Crippen LogP contribution is -2.26. The smallest absolute Gasteiger partial charge is 0.312 e. The highest BCUT2D eigenvalue weighted by Crippen LogP contribution is 2.14. The van der Waals surface area contributed by atoms with Crippen LogP contribution in [0.25, 0.3) is 0 Å². The predicted molar refractivity (Wildman–Crippen MR) is 75.3 cm³/mol. The number of aryl methyl sites for hydroxylation is 1. The summed E-state index contributed by atoms with van der Waals surface area (Å²) in [6, 6.07) is 11.0. The lowest BCUT2D eigenvalue weighted by Gasteiger charge is -2.13. The molecule has 1 aromatic heterocycles. The molecule has 0 aliphatic carbocycles. The van der Waals surface area contributed by atoms with E-state index in [4.69, 9.17) is 0 Å². The van der Waals surface area contributed by atoms with E-state index in [1.54, 1.807) is 6.20 Å². The Morgan fingerprint density at radius 3 is 2.70 bits per heavy atom. The number of hydrogen-bond donors (Lipinski definition) is 2. The van der Waals surface area contributed by atoms with Gasteiger partial charge in [0.25, 0.3) is 0 Å². The highest BCUT2D eigenvalue weighted by molar-refractivity contribution is 5.76. The molecule has 0 bridgehead atoms. The van der Waals surface area contributed by atoms with E-state index in [1.165, 1.54) is 0 Å². The van der Waals surface area contributed by atoms with Crippen LogP contribution in [0.3, 0.4) is 0 Å². The van der Waals surface area contributed by atoms with Gasteiger partial charge in [-0.1, -0.05) is 30.3 Å². The number of carbonyl (C=O) groups is 1. The van der Waals surface area contributed by atoms with E-state index < -0.39 is 11.9 Å². The first kappa shape index (κ1) is 14.1. The van der Waals surface area contributed by atoms with Crippen molar-refractivity contribution in [3.63, 3.8) is 0 Å². The average Bonchev–Trinajstić information content (AvgIpc) is 2.44. The molecule has 1 unspecified atom stereocenters. The Balaban J connectivity index is 1.95. The molecular weight excluding hydrogens is 254 g/mol. The zero-order valence-corrected chi connectivity index (χ0v) is 11.3. The first-order valence-electron chi connectivity index (χ1n) is 6.44. The Morgan fingerprint density at radius 2 is 2.05 bits per heavy atom. The van der Waals surface area contributed by atoms with E-state index in [-0.39, 0.29) is 0 Å². The van der Waals surface area contributed by atoms with E-state index in [2.05, 4.69) is 15.3 Å². The van der Waals surface area contributed by atoms with Crippen LogP contribution in [0.2, 0.25) is 0 Å². The number of aromatic nitrogens is 2. The number of benzene rings is 1. The van der Waals surface area contributed by atoms with Crippen molar-refractivity contribution in [3.8, 4) is 0 Å². The molecular formula is C15H17N3O2. The summed E-state index contributed by atoms with van der Waals surface area (Å²) in [4.78, 5) is 19.6. The molecule has 20 heavy (non-hydrogen) atoms. The summed E-state index contributed by atoms with van der Waals surface area (Å²) >= 11 is 0. The lowest BCUT2D eigenvalue weighted by molar-refractivity contribution is -0.138. The lowest BCUT2D eigenvalue weighted by atomic mass is 9.99. The van der Waals surface area contributed by atoms with Gasteiger partial charge in [0.1, 0.15) is 5.82 Å². The van der Waals surface area contributed by atoms with Crippen LogP contribution in [0.1, 0.15) is 23.0 Å². The summed E-state index contributed by atoms with van der Waals surface area (Å²) in [7, 11) is 0. The summed E-state index contributed by atoms with van der Waals surface area (Å²) in [5, 5.41) is 12.4. The average molecular weight is 271 g/mol. The van der Waals surface area contributed by atoms with Gasteiger partial charge in [0, 0.05) is 19.3 Å². The van der Waals surface area contributed by atoms with Crippen molar-refractivity contribution in [1.29, 1.82) is 0 Å². The monoisotopic (exact) mass is 271 g/mol. The van der Waals surface area contributed by atoms with E-state index in [1.807, 2.05) is 43.3 Å². The molecule has 0 radical (unpaired) electrons. The van der Waals surface area contributed by atoms with Gasteiger partial charge in [-0.25, -0.2) is 9.97 Å². The van der Waals surface area contributed by atoms with Crippen LogP contribution in [-0.2, 0) is 11.3 Å². The summed E-state index contributed by atoms with van der Waals surface area (Å²) in [6.45, 7) is 2.72. The standard InChI is InChI=1S/C15H17N3O2/c1-11-17-8-7-13(18-11)9-16-10-14(15(19)20)12-5-3-2-4-6-12/h2-8,14,16H,9-10H2,1H3,(H,19,20). The van der Waals surface area contributed by atoms with Gasteiger partial charge in [0.05, 0.1) is 11.6 Å². The van der Waals surface area contributed by atoms with Crippen molar-refractivity contribution in [2.24, 2.45) is 0 Å². The van der Waals surface area contributed by atoms with Crippen LogP contribution in [0.5, 0.6) is 0 Å². The third-order valence-corrected chi connectivity index (χ3v) is 2.99. The van der Waals surface area contributed by atoms with Crippen molar-refractivity contribution in [1.82, 2.24) is 15.3 Å². The van der Waals surface area contributed by atoms with E-state index >= 15 is 0 Å². The molecule has 0 amide bonds. The second-order valence-electron chi connectivity index (χ2n) is 4.53. The Hall–Kier alpha value is -2.27. The summed E-state index contributed by atoms with van der Waals surface area (Å²) in [6.07, 6.45) is 1.70. The number of hydrogen-bond acceptors (Lipinski definition) is 4. The zero-order valence-electron chi connectivity index (χ0n) is 11.3. The molecule has 5 nitrogen and oxygen atoms in total. The molecule has 1 aromatic carbocycles. The minimum Gasteiger partial charge on any atom is -0.481 e. The van der Waals surface area contributed by atoms with Gasteiger partial charge in [-0.15, -0.1) is 0 Å². The van der Waals surface area contributed by atoms with Gasteiger partial charge in [-0.2, -0.15) is 0 Å². The maximum absolute atomic E-state index is 11.3. The van der Waals surface area contributed by atoms with Crippen molar-refractivity contribution >= 4 is 5.97 Å². The SMILES string of the molecule is Cc1nccc(CNCC(C(=O)O)c2ccccc2)n1. The third-order valence-electron chi connectivity index (χ3n) is 2.99. The number of rotatable bonds is 6. The van der Waals surface area contributed by atoms with Crippen LogP contribution in [0, 0.1) is 6.92 Å². The van der Waals surface area contributed by atoms with Crippen molar-refractivity contribution < 1.29 is 9.90 Å². The molecule has 2 rings (SSSR count). The fourth-order valence-corrected chi connectivity index (χ4v) is 1.98. The fourth-order valence-electron chi connectivity index (χ4n) is 1.98. The molecule has 0 spiro atoms. The Labute approximate surface area is 117 Å². The molecule has 1 heterocycles. The van der Waals surface area contributed by atoms with Crippen molar-refractivity contribution in [2.45, 2.75) is 19.4 Å². The van der Waals surface area contributed by atoms with Gasteiger partial charge in [-0.05, 0) is 18.6 Å². The zero-order chi connectivity index (χ0) is 14.4. The predicted octanol–water partition coefficient (Wildman–Crippen LogP) is 1.74. The quantitative estimate of drug-likeness (QED) is 0.837. The number of nitrogens with zero attached hydrogens (tertiary/aromatic N) is 2. The molecule has 0 saturated carbocycles. The van der Waals surface area contributed by atoms with Crippen LogP contribution >= 0.6 is 0 Å². The fraction of sp³-hybridized carbons (Fsp3) is 0.267. The second kappa shape index (κ2) is 6.77. The summed E-state index contributed by atoms with van der Waals surface area (Å²) < 4.78 is 0. The highest BCUT2D eigenvalue weighted by Gasteiger charge is 2.18. The Kier molecular flexibility index (Phi) is 4.79. The minimum absolute atomic E-state index is 0.363. The van der Waals surface area contributed by atoms with E-state index in [0.29, 0.717) is 18.9 Å². The van der Waals surface area contributed by atoms with Crippen LogP contribution < -0.4 is 5.32 Å². The van der Waals surface area contributed by atoms with Crippen LogP contribution in [0.15, 0.2) is 42.6 Å². The normalized spacial score (nSPS) is 12.1. The molecule has 104 valence electrons. The highest BCUT2D eigenvalue weighted by atomic mass is 16.4. The molecule has 2 N–H and O–H groups in total. The largest absolute Gasteiger partial charge is 0.481 e. The van der Waals surface area contributed by atoms with E-state index in [9.17, 15) is 9.90 Å². The maximum atomic E-state index is 11.3. The van der Waals surface area contributed by atoms with Crippen molar-refractivity contribution in [2.75, 3.05) is 6.54 Å². The summed E-state index contributed by atoms with van der Waals surface area (Å²) in [5.74, 6) is -0.677. The van der Waals surface area contributed by atoms with Crippen LogP contribution in [-0.4, -0.2) is 27.6 Å². The topological polar surface area (TPSA) is 75.1 Å². The molecule has 0 aliphatic heterocycles. The number of nitrogens with one attached hydrogen (secondary N) is 1. The number of carboxylic acid groups (broad SMARTS) is 1. The van der Waals surface area contributed by atoms with Gasteiger partial charge in [0.15, 0.2) is 0 Å². The third kappa shape index (κ3) is 3.86. The van der Waals surface area contributed by atoms with Crippen LogP contribution in [0.4, 0.5) is 0 Å². The second-order valence-corrected chi connectivity index (χ2v) is 4.53. The number of carboxylic acids is 1. The molecule has 5 heteroatoms. The van der Waals surface area contributed by atoms with Crippen molar-refractivity contribution in [3.05, 3.63) is 59.7 Å². The number of aliphatic carboxylic acids is 1. The maximum Gasteiger partial charge on any atom is 0.312 e. The molecule has 0 saturated heterocycles.